The van der Waals surface area contributed by atoms with Gasteiger partial charge in [-0.25, -0.2) is 9.97 Å². The number of hydrogen-bond donors (Lipinski definition) is 4. The number of nitrogens with two attached hydrogens (primary N) is 2. The second-order valence-corrected chi connectivity index (χ2v) is 6.86. The Labute approximate surface area is 173 Å². The topological polar surface area (TPSA) is 149 Å². The molecule has 1 aromatic carbocycles. The molecule has 2 aromatic heterocycles. The quantitative estimate of drug-likeness (QED) is 0.449. The Hall–Kier alpha value is -4.01. The van der Waals surface area contributed by atoms with Gasteiger partial charge in [-0.05, 0) is 31.2 Å². The lowest BCUT2D eigenvalue weighted by atomic mass is 10.0. The van der Waals surface area contributed by atoms with Gasteiger partial charge in [0.05, 0.1) is 17.8 Å². The zero-order valence-electron chi connectivity index (χ0n) is 16.7. The van der Waals surface area contributed by atoms with Crippen LogP contribution < -0.4 is 22.1 Å². The van der Waals surface area contributed by atoms with Crippen LogP contribution in [0, 0.1) is 5.92 Å². The minimum absolute atomic E-state index is 0.00459. The van der Waals surface area contributed by atoms with Crippen molar-refractivity contribution in [2.75, 3.05) is 10.6 Å². The Morgan fingerprint density at radius 2 is 1.73 bits per heavy atom. The predicted octanol–water partition coefficient (Wildman–Crippen LogP) is 2.30. The van der Waals surface area contributed by atoms with Crippen molar-refractivity contribution in [2.24, 2.45) is 17.4 Å². The van der Waals surface area contributed by atoms with Crippen LogP contribution in [0.25, 0.3) is 11.3 Å². The first kappa shape index (κ1) is 20.7. The number of amides is 2. The summed E-state index contributed by atoms with van der Waals surface area (Å²) in [5.41, 5.74) is 13.3. The molecule has 0 spiro atoms. The molecule has 3 aromatic rings. The van der Waals surface area contributed by atoms with E-state index >= 15 is 0 Å². The Morgan fingerprint density at radius 3 is 2.33 bits per heavy atom. The summed E-state index contributed by atoms with van der Waals surface area (Å²) in [4.78, 5) is 36.0. The summed E-state index contributed by atoms with van der Waals surface area (Å²) in [6.45, 7) is 3.52. The molecular weight excluding hydrogens is 382 g/mol. The van der Waals surface area contributed by atoms with Gasteiger partial charge in [0.15, 0.2) is 11.5 Å². The standard InChI is InChI=1S/C21H23N7O2/c1-12(19(22)29)13(2)26-17-11-25-18(20(23)30)21(28-17)27-15-8-6-14(7-9-15)16-5-3-4-10-24-16/h3-13H,1-2H3,(H2,22,29)(H2,23,30)(H2,26,27,28). The summed E-state index contributed by atoms with van der Waals surface area (Å²) >= 11 is 0. The van der Waals surface area contributed by atoms with Crippen LogP contribution in [0.1, 0.15) is 24.3 Å². The number of anilines is 3. The summed E-state index contributed by atoms with van der Waals surface area (Å²) in [6.07, 6.45) is 3.12. The van der Waals surface area contributed by atoms with Crippen LogP contribution in [0.2, 0.25) is 0 Å². The van der Waals surface area contributed by atoms with Crippen LogP contribution in [-0.4, -0.2) is 32.8 Å². The van der Waals surface area contributed by atoms with E-state index in [2.05, 4.69) is 25.6 Å². The lowest BCUT2D eigenvalue weighted by molar-refractivity contribution is -0.121. The van der Waals surface area contributed by atoms with Crippen molar-refractivity contribution in [3.63, 3.8) is 0 Å². The van der Waals surface area contributed by atoms with Crippen molar-refractivity contribution in [3.05, 3.63) is 60.6 Å². The van der Waals surface area contributed by atoms with Crippen molar-refractivity contribution in [1.82, 2.24) is 15.0 Å². The number of nitrogens with one attached hydrogen (secondary N) is 2. The van der Waals surface area contributed by atoms with Gasteiger partial charge in [-0.15, -0.1) is 0 Å². The molecule has 2 heterocycles. The van der Waals surface area contributed by atoms with Crippen LogP contribution in [-0.2, 0) is 4.79 Å². The maximum atomic E-state index is 11.8. The van der Waals surface area contributed by atoms with Gasteiger partial charge in [0, 0.05) is 23.5 Å². The molecule has 0 saturated carbocycles. The Morgan fingerprint density at radius 1 is 1.00 bits per heavy atom. The molecule has 30 heavy (non-hydrogen) atoms. The lowest BCUT2D eigenvalue weighted by Crippen LogP contribution is -2.34. The fourth-order valence-electron chi connectivity index (χ4n) is 2.73. The summed E-state index contributed by atoms with van der Waals surface area (Å²) in [7, 11) is 0. The average Bonchev–Trinajstić information content (AvgIpc) is 2.74. The van der Waals surface area contributed by atoms with Gasteiger partial charge in [-0.1, -0.05) is 25.1 Å². The highest BCUT2D eigenvalue weighted by Crippen LogP contribution is 2.23. The molecule has 9 nitrogen and oxygen atoms in total. The maximum absolute atomic E-state index is 11.8. The van der Waals surface area contributed by atoms with Crippen LogP contribution in [0.4, 0.5) is 17.3 Å². The molecule has 0 radical (unpaired) electrons. The van der Waals surface area contributed by atoms with Gasteiger partial charge >= 0.3 is 0 Å². The molecule has 2 amide bonds. The van der Waals surface area contributed by atoms with E-state index in [-0.39, 0.29) is 17.6 Å². The van der Waals surface area contributed by atoms with E-state index < -0.39 is 17.7 Å². The Bertz CT molecular complexity index is 1040. The molecule has 0 aliphatic rings. The third-order valence-electron chi connectivity index (χ3n) is 4.69. The van der Waals surface area contributed by atoms with Crippen molar-refractivity contribution >= 4 is 29.1 Å². The number of carbonyl (C=O) groups excluding carboxylic acids is 2. The van der Waals surface area contributed by atoms with Crippen molar-refractivity contribution in [3.8, 4) is 11.3 Å². The van der Waals surface area contributed by atoms with Crippen molar-refractivity contribution in [2.45, 2.75) is 19.9 Å². The maximum Gasteiger partial charge on any atom is 0.271 e. The van der Waals surface area contributed by atoms with E-state index in [1.807, 2.05) is 49.4 Å². The molecule has 9 heteroatoms. The fourth-order valence-corrected chi connectivity index (χ4v) is 2.73. The van der Waals surface area contributed by atoms with Gasteiger partial charge in [-0.3, -0.25) is 14.6 Å². The number of pyridine rings is 1. The number of rotatable bonds is 8. The second-order valence-electron chi connectivity index (χ2n) is 6.86. The third-order valence-corrected chi connectivity index (χ3v) is 4.69. The number of benzene rings is 1. The van der Waals surface area contributed by atoms with E-state index in [1.54, 1.807) is 13.1 Å². The first-order chi connectivity index (χ1) is 14.3. The van der Waals surface area contributed by atoms with Crippen LogP contribution in [0.5, 0.6) is 0 Å². The molecule has 0 bridgehead atoms. The molecule has 2 unspecified atom stereocenters. The van der Waals surface area contributed by atoms with Crippen molar-refractivity contribution in [1.29, 1.82) is 0 Å². The highest BCUT2D eigenvalue weighted by Gasteiger charge is 2.19. The van der Waals surface area contributed by atoms with E-state index in [1.165, 1.54) is 6.20 Å². The number of hydrogen-bond acceptors (Lipinski definition) is 7. The largest absolute Gasteiger partial charge is 0.369 e. The van der Waals surface area contributed by atoms with Crippen LogP contribution >= 0.6 is 0 Å². The van der Waals surface area contributed by atoms with E-state index in [0.717, 1.165) is 11.3 Å². The second kappa shape index (κ2) is 8.99. The molecule has 6 N–H and O–H groups in total. The average molecular weight is 405 g/mol. The number of carbonyl (C=O) groups is 2. The van der Waals surface area contributed by atoms with Gasteiger partial charge in [0.25, 0.3) is 5.91 Å². The highest BCUT2D eigenvalue weighted by atomic mass is 16.1. The third kappa shape index (κ3) is 4.88. The molecule has 0 aliphatic carbocycles. The molecular formula is C21H23N7O2. The molecule has 3 rings (SSSR count). The first-order valence-corrected chi connectivity index (χ1v) is 9.36. The SMILES string of the molecule is CC(Nc1cnc(C(N)=O)c(Nc2ccc(-c3ccccn3)cc2)n1)C(C)C(N)=O. The molecule has 0 saturated heterocycles. The van der Waals surface area contributed by atoms with Crippen LogP contribution in [0.3, 0.4) is 0 Å². The van der Waals surface area contributed by atoms with Gasteiger partial charge < -0.3 is 22.1 Å². The summed E-state index contributed by atoms with van der Waals surface area (Å²) in [6, 6.07) is 12.9. The van der Waals surface area contributed by atoms with Crippen molar-refractivity contribution < 1.29 is 9.59 Å². The van der Waals surface area contributed by atoms with Gasteiger partial charge in [0.2, 0.25) is 5.91 Å². The van der Waals surface area contributed by atoms with Crippen LogP contribution in [0.15, 0.2) is 54.9 Å². The van der Waals surface area contributed by atoms with E-state index in [9.17, 15) is 9.59 Å². The predicted molar refractivity (Wildman–Crippen MR) is 115 cm³/mol. The summed E-state index contributed by atoms with van der Waals surface area (Å²) < 4.78 is 0. The Kier molecular flexibility index (Phi) is 6.21. The minimum Gasteiger partial charge on any atom is -0.369 e. The highest BCUT2D eigenvalue weighted by molar-refractivity contribution is 5.96. The van der Waals surface area contributed by atoms with E-state index in [4.69, 9.17) is 11.5 Å². The zero-order valence-corrected chi connectivity index (χ0v) is 16.7. The van der Waals surface area contributed by atoms with Gasteiger partial charge in [-0.2, -0.15) is 0 Å². The Balaban J connectivity index is 1.83. The molecule has 154 valence electrons. The number of primary amides is 2. The fraction of sp³-hybridized carbons (Fsp3) is 0.190. The normalized spacial score (nSPS) is 12.6. The van der Waals surface area contributed by atoms with Gasteiger partial charge in [0.1, 0.15) is 5.82 Å². The molecule has 0 aliphatic heterocycles. The zero-order chi connectivity index (χ0) is 21.7. The molecule has 2 atom stereocenters. The first-order valence-electron chi connectivity index (χ1n) is 9.36. The monoisotopic (exact) mass is 405 g/mol. The molecule has 0 fully saturated rings. The summed E-state index contributed by atoms with van der Waals surface area (Å²) in [5.74, 6) is -0.966. The summed E-state index contributed by atoms with van der Waals surface area (Å²) in [5, 5.41) is 6.14. The lowest BCUT2D eigenvalue weighted by Gasteiger charge is -2.19. The number of nitrogens with zero attached hydrogens (tertiary/aromatic N) is 3. The van der Waals surface area contributed by atoms with E-state index in [0.29, 0.717) is 11.5 Å². The number of aromatic nitrogens is 3. The smallest absolute Gasteiger partial charge is 0.271 e. The minimum atomic E-state index is -0.708.